The minimum atomic E-state index is -4.30. The van der Waals surface area contributed by atoms with E-state index in [9.17, 15) is 14.3 Å². The van der Waals surface area contributed by atoms with Crippen LogP contribution in [0.3, 0.4) is 0 Å². The lowest BCUT2D eigenvalue weighted by molar-refractivity contribution is -0.154. The van der Waals surface area contributed by atoms with Gasteiger partial charge in [0.2, 0.25) is 0 Å². The van der Waals surface area contributed by atoms with E-state index in [2.05, 4.69) is 98.9 Å². The van der Waals surface area contributed by atoms with Gasteiger partial charge in [0.1, 0.15) is 6.10 Å². The van der Waals surface area contributed by atoms with E-state index in [1.165, 1.54) is 135 Å². The lowest BCUT2D eigenvalue weighted by atomic mass is 10.0. The maximum absolute atomic E-state index is 12.7. The van der Waals surface area contributed by atoms with E-state index in [1.54, 1.807) is 0 Å². The number of ether oxygens (including phenoxy) is 2. The zero-order valence-corrected chi connectivity index (χ0v) is 44.3. The molecule has 0 aromatic rings. The average molecular weight is 958 g/mol. The summed E-state index contributed by atoms with van der Waals surface area (Å²) >= 11 is 0. The third-order valence-corrected chi connectivity index (χ3v) is 12.6. The Hall–Kier alpha value is -2.32. The van der Waals surface area contributed by atoms with Crippen molar-refractivity contribution in [2.24, 2.45) is 5.73 Å². The fraction of sp³-hybridized carbons (Fsp3) is 0.741. The number of esters is 1. The van der Waals surface area contributed by atoms with Gasteiger partial charge in [-0.2, -0.15) is 0 Å². The molecular formula is C58H104NO7P. The van der Waals surface area contributed by atoms with Gasteiger partial charge in [-0.05, 0) is 70.6 Å². The fourth-order valence-electron chi connectivity index (χ4n) is 7.57. The highest BCUT2D eigenvalue weighted by Crippen LogP contribution is 2.43. The molecule has 3 N–H and O–H groups in total. The molecule has 8 nitrogen and oxygen atoms in total. The Kier molecular flexibility index (Phi) is 52.7. The van der Waals surface area contributed by atoms with Crippen molar-refractivity contribution in [1.82, 2.24) is 0 Å². The van der Waals surface area contributed by atoms with Crippen LogP contribution in [0.15, 0.2) is 85.1 Å². The summed E-state index contributed by atoms with van der Waals surface area (Å²) in [5, 5.41) is 0. The van der Waals surface area contributed by atoms with Crippen LogP contribution in [0.4, 0.5) is 0 Å². The normalized spacial score (nSPS) is 13.9. The van der Waals surface area contributed by atoms with Crippen molar-refractivity contribution in [2.45, 2.75) is 245 Å². The van der Waals surface area contributed by atoms with Gasteiger partial charge >= 0.3 is 13.8 Å². The molecule has 0 bridgehead atoms. The zero-order valence-electron chi connectivity index (χ0n) is 43.4. The first-order valence-electron chi connectivity index (χ1n) is 27.6. The quantitative estimate of drug-likeness (QED) is 0.0268. The van der Waals surface area contributed by atoms with Crippen molar-refractivity contribution in [3.63, 3.8) is 0 Å². The van der Waals surface area contributed by atoms with E-state index in [0.717, 1.165) is 83.5 Å². The molecule has 0 saturated carbocycles. The van der Waals surface area contributed by atoms with Crippen molar-refractivity contribution in [1.29, 1.82) is 0 Å². The molecule has 0 spiro atoms. The van der Waals surface area contributed by atoms with Crippen molar-refractivity contribution < 1.29 is 32.8 Å². The molecule has 0 heterocycles. The number of unbranched alkanes of at least 4 members (excludes halogenated alkanes) is 25. The number of carbonyl (C=O) groups is 1. The number of hydrogen-bond acceptors (Lipinski definition) is 7. The Morgan fingerprint density at radius 2 is 0.836 bits per heavy atom. The largest absolute Gasteiger partial charge is 0.472 e. The third kappa shape index (κ3) is 54.5. The van der Waals surface area contributed by atoms with Gasteiger partial charge in [-0.15, -0.1) is 0 Å². The molecule has 2 unspecified atom stereocenters. The molecule has 0 aliphatic rings. The summed E-state index contributed by atoms with van der Waals surface area (Å²) in [6.07, 6.45) is 72.1. The van der Waals surface area contributed by atoms with Crippen LogP contribution in [0, 0.1) is 0 Å². The first kappa shape index (κ1) is 64.7. The van der Waals surface area contributed by atoms with Crippen molar-refractivity contribution >= 4 is 13.8 Å². The number of rotatable bonds is 52. The molecule has 0 rings (SSSR count). The van der Waals surface area contributed by atoms with E-state index in [-0.39, 0.29) is 32.3 Å². The van der Waals surface area contributed by atoms with Crippen LogP contribution in [-0.2, 0) is 27.9 Å². The topological polar surface area (TPSA) is 117 Å². The summed E-state index contributed by atoms with van der Waals surface area (Å²) < 4.78 is 33.6. The number of phosphoric ester groups is 1. The Balaban J connectivity index is 4.00. The van der Waals surface area contributed by atoms with Crippen LogP contribution in [0.2, 0.25) is 0 Å². The van der Waals surface area contributed by atoms with Crippen molar-refractivity contribution in [3.05, 3.63) is 85.1 Å². The lowest BCUT2D eigenvalue weighted by Gasteiger charge is -2.20. The van der Waals surface area contributed by atoms with Gasteiger partial charge < -0.3 is 20.1 Å². The van der Waals surface area contributed by atoms with Gasteiger partial charge in [0, 0.05) is 19.6 Å². The Morgan fingerprint density at radius 1 is 0.463 bits per heavy atom. The molecule has 0 aromatic heterocycles. The van der Waals surface area contributed by atoms with Crippen LogP contribution in [0.5, 0.6) is 0 Å². The zero-order chi connectivity index (χ0) is 48.7. The van der Waals surface area contributed by atoms with Gasteiger partial charge in [-0.3, -0.25) is 13.8 Å². The van der Waals surface area contributed by atoms with Crippen LogP contribution < -0.4 is 5.73 Å². The van der Waals surface area contributed by atoms with Gasteiger partial charge in [0.15, 0.2) is 0 Å². The Bertz CT molecular complexity index is 1310. The summed E-state index contributed by atoms with van der Waals surface area (Å²) in [5.74, 6) is -0.344. The predicted molar refractivity (Wildman–Crippen MR) is 288 cm³/mol. The van der Waals surface area contributed by atoms with Crippen LogP contribution in [0.25, 0.3) is 0 Å². The molecule has 0 aliphatic heterocycles. The summed E-state index contributed by atoms with van der Waals surface area (Å²) in [4.78, 5) is 22.6. The monoisotopic (exact) mass is 958 g/mol. The smallest absolute Gasteiger partial charge is 0.457 e. The number of allylic oxidation sites excluding steroid dienone is 14. The van der Waals surface area contributed by atoms with Crippen LogP contribution in [0.1, 0.15) is 239 Å². The minimum Gasteiger partial charge on any atom is -0.457 e. The van der Waals surface area contributed by atoms with E-state index in [0.29, 0.717) is 13.0 Å². The first-order valence-corrected chi connectivity index (χ1v) is 29.1. The molecule has 0 aliphatic carbocycles. The van der Waals surface area contributed by atoms with Crippen molar-refractivity contribution in [3.8, 4) is 0 Å². The molecule has 67 heavy (non-hydrogen) atoms. The second-order valence-electron chi connectivity index (χ2n) is 18.1. The number of carbonyl (C=O) groups excluding carboxylic acids is 1. The summed E-state index contributed by atoms with van der Waals surface area (Å²) in [6.45, 7) is 4.72. The number of nitrogens with two attached hydrogens (primary N) is 1. The summed E-state index contributed by atoms with van der Waals surface area (Å²) in [7, 11) is -4.30. The fourth-order valence-corrected chi connectivity index (χ4v) is 8.33. The highest BCUT2D eigenvalue weighted by Gasteiger charge is 2.25. The number of hydrogen-bond donors (Lipinski definition) is 2. The van der Waals surface area contributed by atoms with E-state index in [4.69, 9.17) is 24.3 Å². The van der Waals surface area contributed by atoms with Crippen molar-refractivity contribution in [2.75, 3.05) is 33.0 Å². The van der Waals surface area contributed by atoms with Gasteiger partial charge in [0.25, 0.3) is 0 Å². The molecule has 388 valence electrons. The number of phosphoric acid groups is 1. The summed E-state index contributed by atoms with van der Waals surface area (Å²) in [5.41, 5.74) is 5.39. The second-order valence-corrected chi connectivity index (χ2v) is 19.5. The van der Waals surface area contributed by atoms with E-state index >= 15 is 0 Å². The molecule has 9 heteroatoms. The Labute approximate surface area is 413 Å². The maximum Gasteiger partial charge on any atom is 0.472 e. The standard InChI is InChI=1S/C58H104NO7P/c1-3-5-7-9-11-13-15-17-19-21-23-25-27-29-31-33-35-37-39-41-43-45-47-49-51-58(60)66-57(56-65-67(61,62)64-54-52-59)55-63-53-50-48-46-44-42-40-38-36-34-32-30-28-26-24-22-20-18-16-14-12-10-8-6-4-2/h6,8,12,14,18,20,24,26,30,32,36,38,42,44,57H,3-5,7,9-11,13,15-17,19,21-23,25,27-29,31,33-35,37,39-41,43,45-56,59H2,1-2H3,(H,61,62)/b8-6-,14-12-,20-18-,26-24-,32-30-,38-36-,44-42-. The molecule has 2 atom stereocenters. The van der Waals surface area contributed by atoms with Gasteiger partial charge in [0.05, 0.1) is 19.8 Å². The highest BCUT2D eigenvalue weighted by atomic mass is 31.2. The predicted octanol–water partition coefficient (Wildman–Crippen LogP) is 17.6. The maximum atomic E-state index is 12.7. The van der Waals surface area contributed by atoms with Gasteiger partial charge in [-0.25, -0.2) is 4.57 Å². The average Bonchev–Trinajstić information content (AvgIpc) is 3.32. The molecule has 0 amide bonds. The minimum absolute atomic E-state index is 0.0839. The Morgan fingerprint density at radius 3 is 1.22 bits per heavy atom. The van der Waals surface area contributed by atoms with E-state index < -0.39 is 13.9 Å². The third-order valence-electron chi connectivity index (χ3n) is 11.6. The molecular weight excluding hydrogens is 854 g/mol. The second kappa shape index (κ2) is 54.6. The highest BCUT2D eigenvalue weighted by molar-refractivity contribution is 7.47. The van der Waals surface area contributed by atoms with Crippen LogP contribution >= 0.6 is 7.82 Å². The lowest BCUT2D eigenvalue weighted by Crippen LogP contribution is -2.28. The first-order chi connectivity index (χ1) is 32.9. The van der Waals surface area contributed by atoms with Crippen LogP contribution in [-0.4, -0.2) is 49.9 Å². The van der Waals surface area contributed by atoms with E-state index in [1.807, 2.05) is 0 Å². The summed E-state index contributed by atoms with van der Waals surface area (Å²) in [6, 6.07) is 0. The molecule has 0 saturated heterocycles. The molecule has 0 radical (unpaired) electrons. The molecule has 0 aromatic carbocycles. The van der Waals surface area contributed by atoms with Gasteiger partial charge in [-0.1, -0.05) is 247 Å². The SMILES string of the molecule is CC/C=C\C/C=C\C/C=C\C/C=C\C/C=C\C/C=C\C/C=C\CCCCOCC(COP(=O)(O)OCCN)OC(=O)CCCCCCCCCCCCCCCCCCCCCCCCCC. The molecule has 0 fully saturated rings.